The van der Waals surface area contributed by atoms with Gasteiger partial charge in [-0.2, -0.15) is 0 Å². The van der Waals surface area contributed by atoms with Gasteiger partial charge in [0, 0.05) is 25.1 Å². The molecule has 2 aromatic rings. The first-order valence-corrected chi connectivity index (χ1v) is 10.1. The van der Waals surface area contributed by atoms with Gasteiger partial charge in [-0.25, -0.2) is 0 Å². The molecule has 1 atom stereocenters. The van der Waals surface area contributed by atoms with Gasteiger partial charge in [0.15, 0.2) is 0 Å². The van der Waals surface area contributed by atoms with E-state index in [1.807, 2.05) is 41.3 Å². The Morgan fingerprint density at radius 1 is 1.14 bits per heavy atom. The maximum atomic E-state index is 12.7. The highest BCUT2D eigenvalue weighted by Gasteiger charge is 2.29. The minimum absolute atomic E-state index is 0.0652. The predicted octanol–water partition coefficient (Wildman–Crippen LogP) is 4.09. The number of hydrogen-bond acceptors (Lipinski definition) is 3. The normalized spacial score (nSPS) is 18.5. The fourth-order valence-electron chi connectivity index (χ4n) is 4.09. The van der Waals surface area contributed by atoms with E-state index < -0.39 is 0 Å². The highest BCUT2D eigenvalue weighted by molar-refractivity contribution is 5.94. The average Bonchev–Trinajstić information content (AvgIpc) is 3.22. The number of carbonyl (C=O) groups excluding carboxylic acids is 2. The first kappa shape index (κ1) is 18.5. The van der Waals surface area contributed by atoms with E-state index in [4.69, 9.17) is 4.74 Å². The molecule has 2 heterocycles. The lowest BCUT2D eigenvalue weighted by Gasteiger charge is -2.25. The molecule has 1 N–H and O–H groups in total. The maximum absolute atomic E-state index is 12.7. The molecule has 2 amide bonds. The summed E-state index contributed by atoms with van der Waals surface area (Å²) >= 11 is 0. The first-order valence-electron chi connectivity index (χ1n) is 10.1. The summed E-state index contributed by atoms with van der Waals surface area (Å²) < 4.78 is 5.84. The van der Waals surface area contributed by atoms with Gasteiger partial charge in [-0.05, 0) is 55.0 Å². The van der Waals surface area contributed by atoms with Crippen molar-refractivity contribution in [2.24, 2.45) is 0 Å². The molecule has 2 aliphatic heterocycles. The number of fused-ring (bicyclic) bond motifs is 1. The molecule has 1 fully saturated rings. The summed E-state index contributed by atoms with van der Waals surface area (Å²) in [7, 11) is 0. The molecule has 2 aliphatic rings. The molecule has 0 saturated carbocycles. The number of nitrogens with zero attached hydrogens (tertiary/aromatic N) is 1. The molecule has 0 aromatic heterocycles. The van der Waals surface area contributed by atoms with Crippen molar-refractivity contribution >= 4 is 17.5 Å². The van der Waals surface area contributed by atoms with Crippen LogP contribution in [0.4, 0.5) is 5.69 Å². The van der Waals surface area contributed by atoms with E-state index >= 15 is 0 Å². The number of rotatable bonds is 6. The average molecular weight is 378 g/mol. The van der Waals surface area contributed by atoms with Crippen LogP contribution in [0.1, 0.15) is 49.3 Å². The van der Waals surface area contributed by atoms with Crippen LogP contribution >= 0.6 is 0 Å². The molecule has 28 heavy (non-hydrogen) atoms. The van der Waals surface area contributed by atoms with Crippen molar-refractivity contribution in [3.63, 3.8) is 0 Å². The van der Waals surface area contributed by atoms with Crippen molar-refractivity contribution in [2.75, 3.05) is 18.5 Å². The standard InChI is InChI=1S/C23H26N2O3/c26-22-13-10-18-16-19(11-12-20(18)24-22)28-15-5-9-23(27)25-14-4-8-21(25)17-6-2-1-3-7-17/h1-3,6-7,11-12,16,21H,4-5,8-10,13-15H2,(H,24,26). The fourth-order valence-corrected chi connectivity index (χ4v) is 4.09. The third kappa shape index (κ3) is 4.19. The zero-order valence-electron chi connectivity index (χ0n) is 16.0. The second-order valence-corrected chi connectivity index (χ2v) is 7.47. The first-order chi connectivity index (χ1) is 13.7. The summed E-state index contributed by atoms with van der Waals surface area (Å²) in [6.45, 7) is 1.36. The molecule has 0 bridgehead atoms. The number of aryl methyl sites for hydroxylation is 1. The second kappa shape index (κ2) is 8.46. The van der Waals surface area contributed by atoms with E-state index in [0.717, 1.165) is 42.8 Å². The number of amides is 2. The lowest BCUT2D eigenvalue weighted by molar-refractivity contribution is -0.132. The highest BCUT2D eigenvalue weighted by Crippen LogP contribution is 2.32. The van der Waals surface area contributed by atoms with Crippen LogP contribution in [-0.4, -0.2) is 29.9 Å². The van der Waals surface area contributed by atoms with Crippen LogP contribution in [0.25, 0.3) is 0 Å². The summed E-state index contributed by atoms with van der Waals surface area (Å²) in [5, 5.41) is 2.87. The maximum Gasteiger partial charge on any atom is 0.224 e. The molecule has 1 saturated heterocycles. The number of hydrogen-bond donors (Lipinski definition) is 1. The van der Waals surface area contributed by atoms with Crippen molar-refractivity contribution in [1.29, 1.82) is 0 Å². The number of likely N-dealkylation sites (tertiary alicyclic amines) is 1. The number of anilines is 1. The van der Waals surface area contributed by atoms with Crippen molar-refractivity contribution in [2.45, 2.75) is 44.6 Å². The van der Waals surface area contributed by atoms with Crippen LogP contribution in [0.3, 0.4) is 0 Å². The van der Waals surface area contributed by atoms with Crippen molar-refractivity contribution < 1.29 is 14.3 Å². The Balaban J connectivity index is 1.26. The Hall–Kier alpha value is -2.82. The van der Waals surface area contributed by atoms with Gasteiger partial charge in [0.1, 0.15) is 5.75 Å². The molecule has 2 aromatic carbocycles. The number of carbonyl (C=O) groups is 2. The van der Waals surface area contributed by atoms with E-state index in [-0.39, 0.29) is 17.9 Å². The van der Waals surface area contributed by atoms with Crippen LogP contribution < -0.4 is 10.1 Å². The molecule has 0 aliphatic carbocycles. The van der Waals surface area contributed by atoms with Gasteiger partial charge in [-0.3, -0.25) is 9.59 Å². The minimum atomic E-state index is 0.0652. The Bertz CT molecular complexity index is 850. The van der Waals surface area contributed by atoms with Crippen molar-refractivity contribution in [1.82, 2.24) is 4.90 Å². The van der Waals surface area contributed by atoms with Crippen LogP contribution in [0.2, 0.25) is 0 Å². The lowest BCUT2D eigenvalue weighted by atomic mass is 10.0. The zero-order chi connectivity index (χ0) is 19.3. The van der Waals surface area contributed by atoms with Gasteiger partial charge < -0.3 is 15.0 Å². The summed E-state index contributed by atoms with van der Waals surface area (Å²) in [6, 6.07) is 16.3. The SMILES string of the molecule is O=C1CCc2cc(OCCCC(=O)N3CCCC3c3ccccc3)ccc2N1. The van der Waals surface area contributed by atoms with E-state index in [1.165, 1.54) is 5.56 Å². The van der Waals surface area contributed by atoms with Gasteiger partial charge in [0.25, 0.3) is 0 Å². The Labute approximate surface area is 165 Å². The van der Waals surface area contributed by atoms with E-state index in [1.54, 1.807) is 0 Å². The number of benzene rings is 2. The molecular formula is C23H26N2O3. The molecule has 146 valence electrons. The smallest absolute Gasteiger partial charge is 0.224 e. The van der Waals surface area contributed by atoms with Crippen LogP contribution in [-0.2, 0) is 16.0 Å². The van der Waals surface area contributed by atoms with Gasteiger partial charge >= 0.3 is 0 Å². The van der Waals surface area contributed by atoms with Gasteiger partial charge in [0.05, 0.1) is 12.6 Å². The molecule has 0 spiro atoms. The molecule has 0 radical (unpaired) electrons. The topological polar surface area (TPSA) is 58.6 Å². The summed E-state index contributed by atoms with van der Waals surface area (Å²) in [6.07, 6.45) is 4.57. The second-order valence-electron chi connectivity index (χ2n) is 7.47. The predicted molar refractivity (Wildman–Crippen MR) is 108 cm³/mol. The van der Waals surface area contributed by atoms with Crippen molar-refractivity contribution in [3.05, 3.63) is 59.7 Å². The highest BCUT2D eigenvalue weighted by atomic mass is 16.5. The summed E-state index contributed by atoms with van der Waals surface area (Å²) in [5.74, 6) is 1.07. The fraction of sp³-hybridized carbons (Fsp3) is 0.391. The lowest BCUT2D eigenvalue weighted by Crippen LogP contribution is -2.30. The third-order valence-electron chi connectivity index (χ3n) is 5.53. The zero-order valence-corrected chi connectivity index (χ0v) is 16.0. The molecule has 4 rings (SSSR count). The van der Waals surface area contributed by atoms with Crippen LogP contribution in [0.15, 0.2) is 48.5 Å². The van der Waals surface area contributed by atoms with Crippen LogP contribution in [0.5, 0.6) is 5.75 Å². The molecule has 1 unspecified atom stereocenters. The third-order valence-corrected chi connectivity index (χ3v) is 5.53. The molecule has 5 heteroatoms. The Morgan fingerprint density at radius 2 is 2.00 bits per heavy atom. The summed E-state index contributed by atoms with van der Waals surface area (Å²) in [4.78, 5) is 26.1. The Morgan fingerprint density at radius 3 is 2.86 bits per heavy atom. The van der Waals surface area contributed by atoms with E-state index in [2.05, 4.69) is 17.4 Å². The molecular weight excluding hydrogens is 352 g/mol. The largest absolute Gasteiger partial charge is 0.494 e. The van der Waals surface area contributed by atoms with E-state index in [0.29, 0.717) is 25.9 Å². The van der Waals surface area contributed by atoms with Gasteiger partial charge in [-0.1, -0.05) is 30.3 Å². The number of nitrogens with one attached hydrogen (secondary N) is 1. The van der Waals surface area contributed by atoms with Crippen molar-refractivity contribution in [3.8, 4) is 5.75 Å². The molecule has 5 nitrogen and oxygen atoms in total. The van der Waals surface area contributed by atoms with Crippen LogP contribution in [0, 0.1) is 0 Å². The van der Waals surface area contributed by atoms with Gasteiger partial charge in [0.2, 0.25) is 11.8 Å². The minimum Gasteiger partial charge on any atom is -0.494 e. The summed E-state index contributed by atoms with van der Waals surface area (Å²) in [5.41, 5.74) is 3.21. The quantitative estimate of drug-likeness (QED) is 0.770. The van der Waals surface area contributed by atoms with E-state index in [9.17, 15) is 9.59 Å². The number of ether oxygens (including phenoxy) is 1. The Kier molecular flexibility index (Phi) is 5.60. The van der Waals surface area contributed by atoms with Gasteiger partial charge in [-0.15, -0.1) is 0 Å². The monoisotopic (exact) mass is 378 g/mol.